The minimum absolute atomic E-state index is 0.123. The fourth-order valence-electron chi connectivity index (χ4n) is 5.29. The largest absolute Gasteiger partial charge is 0.394 e. The summed E-state index contributed by atoms with van der Waals surface area (Å²) in [5.41, 5.74) is 6.90. The van der Waals surface area contributed by atoms with Crippen LogP contribution in [0.15, 0.2) is 41.5 Å². The molecule has 196 valence electrons. The van der Waals surface area contributed by atoms with Gasteiger partial charge in [0.15, 0.2) is 11.2 Å². The number of benzene rings is 2. The molecule has 2 aromatic heterocycles. The predicted octanol–water partition coefficient (Wildman–Crippen LogP) is 2.60. The number of imidazole rings is 1. The van der Waals surface area contributed by atoms with Crippen LogP contribution in [-0.2, 0) is 22.4 Å². The first-order valence-electron chi connectivity index (χ1n) is 12.6. The third-order valence-electron chi connectivity index (χ3n) is 7.18. The summed E-state index contributed by atoms with van der Waals surface area (Å²) in [6.07, 6.45) is 1.20. The molecule has 38 heavy (non-hydrogen) atoms. The lowest BCUT2D eigenvalue weighted by Gasteiger charge is -2.16. The first kappa shape index (κ1) is 24.3. The molecule has 1 amide bonds. The number of fused-ring (bicyclic) bond motifs is 4. The van der Waals surface area contributed by atoms with Crippen molar-refractivity contribution in [2.75, 3.05) is 17.2 Å². The molecule has 1 fully saturated rings. The smallest absolute Gasteiger partial charge is 0.280 e. The number of carbonyl (C=O) groups is 1. The molecule has 1 aliphatic carbocycles. The lowest BCUT2D eigenvalue weighted by atomic mass is 10.0. The van der Waals surface area contributed by atoms with Crippen molar-refractivity contribution in [2.24, 2.45) is 0 Å². The Bertz CT molecular complexity index is 1630. The van der Waals surface area contributed by atoms with Crippen molar-refractivity contribution in [1.82, 2.24) is 19.5 Å². The van der Waals surface area contributed by atoms with E-state index in [1.165, 1.54) is 24.4 Å². The quantitative estimate of drug-likeness (QED) is 0.231. The molecule has 11 heteroatoms. The van der Waals surface area contributed by atoms with Gasteiger partial charge in [-0.25, -0.2) is 4.98 Å². The van der Waals surface area contributed by atoms with Gasteiger partial charge in [0.25, 0.3) is 5.56 Å². The summed E-state index contributed by atoms with van der Waals surface area (Å²) in [4.78, 5) is 36.4. The number of ether oxygens (including phenoxy) is 1. The van der Waals surface area contributed by atoms with E-state index in [-0.39, 0.29) is 36.0 Å². The van der Waals surface area contributed by atoms with E-state index in [4.69, 9.17) is 4.74 Å². The zero-order chi connectivity index (χ0) is 26.6. The van der Waals surface area contributed by atoms with Crippen LogP contribution in [0.1, 0.15) is 43.2 Å². The van der Waals surface area contributed by atoms with Crippen LogP contribution in [-0.4, -0.2) is 54.5 Å². The number of nitrogens with zero attached hydrogens (tertiary/aromatic N) is 3. The Morgan fingerprint density at radius 3 is 2.76 bits per heavy atom. The second kappa shape index (κ2) is 9.35. The number of aromatic amines is 1. The summed E-state index contributed by atoms with van der Waals surface area (Å²) in [6.45, 7) is 3.25. The van der Waals surface area contributed by atoms with Gasteiger partial charge in [-0.05, 0) is 52.8 Å². The number of anilines is 3. The van der Waals surface area contributed by atoms with Crippen molar-refractivity contribution >= 4 is 34.4 Å². The fourth-order valence-corrected chi connectivity index (χ4v) is 5.29. The summed E-state index contributed by atoms with van der Waals surface area (Å²) < 4.78 is 7.32. The van der Waals surface area contributed by atoms with E-state index < -0.39 is 24.0 Å². The SMILES string of the molecule is CCc1ccc2c(c1)Cc1cc(NC(C)=O)c(Nc3nc4c(ncn4C4CC(O)C(CO)O4)c(=O)[nH]3)cc1-2. The van der Waals surface area contributed by atoms with E-state index in [0.717, 1.165) is 29.5 Å². The van der Waals surface area contributed by atoms with Crippen molar-refractivity contribution in [3.05, 3.63) is 63.7 Å². The standard InChI is InChI=1S/C27H28N6O5/c1-3-14-4-5-17-15(6-14)7-16-8-19(29-13(2)35)20(9-18(16)17)30-27-31-25-24(26(37)32-27)28-12-33(25)23-10-21(36)22(11-34)38-23/h4-6,8-9,12,21-23,34,36H,3,7,10-11H2,1-2H3,(H,29,35)(H2,30,31,32,37). The maximum atomic E-state index is 12.9. The Kier molecular flexibility index (Phi) is 5.98. The van der Waals surface area contributed by atoms with Crippen LogP contribution in [0.2, 0.25) is 0 Å². The van der Waals surface area contributed by atoms with Gasteiger partial charge in [-0.2, -0.15) is 4.98 Å². The summed E-state index contributed by atoms with van der Waals surface area (Å²) in [6, 6.07) is 10.4. The molecule has 5 N–H and O–H groups in total. The first-order valence-corrected chi connectivity index (χ1v) is 12.6. The Labute approximate surface area is 217 Å². The minimum atomic E-state index is -0.843. The summed E-state index contributed by atoms with van der Waals surface area (Å²) in [5.74, 6) is -0.0604. The molecule has 2 aliphatic rings. The lowest BCUT2D eigenvalue weighted by Crippen LogP contribution is -2.24. The van der Waals surface area contributed by atoms with Gasteiger partial charge in [0.05, 0.1) is 30.4 Å². The molecule has 3 atom stereocenters. The van der Waals surface area contributed by atoms with Crippen molar-refractivity contribution in [2.45, 2.75) is 51.5 Å². The molecule has 6 rings (SSSR count). The minimum Gasteiger partial charge on any atom is -0.394 e. The molecular weight excluding hydrogens is 488 g/mol. The molecule has 11 nitrogen and oxygen atoms in total. The van der Waals surface area contributed by atoms with Crippen LogP contribution in [0.5, 0.6) is 0 Å². The van der Waals surface area contributed by atoms with Crippen molar-refractivity contribution < 1.29 is 19.7 Å². The third-order valence-corrected chi connectivity index (χ3v) is 7.18. The highest BCUT2D eigenvalue weighted by Crippen LogP contribution is 2.42. The van der Waals surface area contributed by atoms with Crippen molar-refractivity contribution in [1.29, 1.82) is 0 Å². The van der Waals surface area contributed by atoms with Gasteiger partial charge in [-0.3, -0.25) is 19.1 Å². The number of nitrogens with one attached hydrogen (secondary N) is 3. The number of aliphatic hydroxyl groups excluding tert-OH is 2. The fraction of sp³-hybridized carbons (Fsp3) is 0.333. The topological polar surface area (TPSA) is 154 Å². The molecule has 0 radical (unpaired) electrons. The number of carbonyl (C=O) groups excluding carboxylic acids is 1. The van der Waals surface area contributed by atoms with E-state index in [9.17, 15) is 19.8 Å². The summed E-state index contributed by atoms with van der Waals surface area (Å²) in [7, 11) is 0. The Balaban J connectivity index is 1.40. The Hall–Kier alpha value is -4.06. The van der Waals surface area contributed by atoms with Crippen molar-refractivity contribution in [3.8, 4) is 11.1 Å². The van der Waals surface area contributed by atoms with Gasteiger partial charge in [0.2, 0.25) is 11.9 Å². The van der Waals surface area contributed by atoms with Crippen LogP contribution < -0.4 is 16.2 Å². The average Bonchev–Trinajstić information content (AvgIpc) is 3.58. The molecule has 0 spiro atoms. The van der Waals surface area contributed by atoms with Crippen LogP contribution in [0.4, 0.5) is 17.3 Å². The van der Waals surface area contributed by atoms with E-state index in [1.54, 1.807) is 4.57 Å². The number of H-pyrrole nitrogens is 1. The Morgan fingerprint density at radius 1 is 1.21 bits per heavy atom. The van der Waals surface area contributed by atoms with Crippen LogP contribution >= 0.6 is 0 Å². The number of hydrogen-bond donors (Lipinski definition) is 5. The number of aliphatic hydroxyl groups is 2. The highest BCUT2D eigenvalue weighted by atomic mass is 16.5. The van der Waals surface area contributed by atoms with Gasteiger partial charge in [0, 0.05) is 13.3 Å². The normalized spacial score (nSPS) is 19.9. The van der Waals surface area contributed by atoms with Gasteiger partial charge in [0.1, 0.15) is 12.3 Å². The highest BCUT2D eigenvalue weighted by Gasteiger charge is 2.35. The monoisotopic (exact) mass is 516 g/mol. The third kappa shape index (κ3) is 4.14. The number of hydrogen-bond acceptors (Lipinski definition) is 8. The van der Waals surface area contributed by atoms with E-state index in [0.29, 0.717) is 11.4 Å². The lowest BCUT2D eigenvalue weighted by molar-refractivity contribution is -0.114. The number of amides is 1. The molecule has 3 heterocycles. The number of aromatic nitrogens is 4. The molecule has 0 bridgehead atoms. The number of rotatable bonds is 6. The van der Waals surface area contributed by atoms with E-state index in [1.807, 2.05) is 12.1 Å². The van der Waals surface area contributed by atoms with Gasteiger partial charge >= 0.3 is 0 Å². The average molecular weight is 517 g/mol. The van der Waals surface area contributed by atoms with Crippen LogP contribution in [0.25, 0.3) is 22.3 Å². The highest BCUT2D eigenvalue weighted by molar-refractivity contribution is 5.96. The maximum Gasteiger partial charge on any atom is 0.280 e. The molecular formula is C27H28N6O5. The summed E-state index contributed by atoms with van der Waals surface area (Å²) >= 11 is 0. The molecule has 4 aromatic rings. The van der Waals surface area contributed by atoms with Crippen molar-refractivity contribution in [3.63, 3.8) is 0 Å². The molecule has 1 saturated heterocycles. The predicted molar refractivity (Wildman–Crippen MR) is 141 cm³/mol. The Morgan fingerprint density at radius 2 is 2.03 bits per heavy atom. The molecule has 1 aliphatic heterocycles. The molecule has 2 aromatic carbocycles. The second-order valence-electron chi connectivity index (χ2n) is 9.74. The van der Waals surface area contributed by atoms with E-state index in [2.05, 4.69) is 50.7 Å². The van der Waals surface area contributed by atoms with Gasteiger partial charge < -0.3 is 25.6 Å². The van der Waals surface area contributed by atoms with Gasteiger partial charge in [-0.15, -0.1) is 0 Å². The molecule has 3 unspecified atom stereocenters. The first-order chi connectivity index (χ1) is 18.3. The second-order valence-corrected chi connectivity index (χ2v) is 9.74. The number of aryl methyl sites for hydroxylation is 1. The summed E-state index contributed by atoms with van der Waals surface area (Å²) in [5, 5.41) is 25.7. The molecule has 0 saturated carbocycles. The van der Waals surface area contributed by atoms with Crippen LogP contribution in [0, 0.1) is 0 Å². The zero-order valence-corrected chi connectivity index (χ0v) is 21.0. The van der Waals surface area contributed by atoms with E-state index >= 15 is 0 Å². The zero-order valence-electron chi connectivity index (χ0n) is 21.0. The van der Waals surface area contributed by atoms with Gasteiger partial charge in [-0.1, -0.05) is 25.1 Å². The van der Waals surface area contributed by atoms with Crippen LogP contribution in [0.3, 0.4) is 0 Å². The maximum absolute atomic E-state index is 12.9.